The van der Waals surface area contributed by atoms with Crippen molar-refractivity contribution >= 4 is 23.4 Å². The van der Waals surface area contributed by atoms with Crippen LogP contribution in [0, 0.1) is 5.82 Å². The third kappa shape index (κ3) is 3.43. The fourth-order valence-corrected chi connectivity index (χ4v) is 3.20. The predicted molar refractivity (Wildman–Crippen MR) is 93.7 cm³/mol. The van der Waals surface area contributed by atoms with E-state index in [9.17, 15) is 4.39 Å². The number of rotatable bonds is 3. The molecule has 6 heteroatoms. The fraction of sp³-hybridized carbons (Fsp3) is 0.278. The van der Waals surface area contributed by atoms with Crippen molar-refractivity contribution < 1.29 is 8.81 Å². The zero-order valence-electron chi connectivity index (χ0n) is 13.1. The summed E-state index contributed by atoms with van der Waals surface area (Å²) in [6, 6.07) is 11.0. The van der Waals surface area contributed by atoms with Crippen LogP contribution in [0.25, 0.3) is 11.0 Å². The number of piperazine rings is 1. The van der Waals surface area contributed by atoms with Gasteiger partial charge in [-0.25, -0.2) is 4.39 Å². The van der Waals surface area contributed by atoms with E-state index in [1.54, 1.807) is 6.07 Å². The molecule has 4 rings (SSSR count). The quantitative estimate of drug-likeness (QED) is 0.787. The molecule has 1 unspecified atom stereocenters. The average Bonchev–Trinajstić information content (AvgIpc) is 2.97. The normalized spacial score (nSPS) is 18.5. The number of hydrogen-bond donors (Lipinski definition) is 1. The maximum atomic E-state index is 13.3. The van der Waals surface area contributed by atoms with Gasteiger partial charge in [0.05, 0.1) is 6.54 Å². The van der Waals surface area contributed by atoms with E-state index in [1.807, 2.05) is 18.5 Å². The van der Waals surface area contributed by atoms with Crippen LogP contribution in [0.2, 0.25) is 0 Å². The van der Waals surface area contributed by atoms with Gasteiger partial charge in [-0.1, -0.05) is 0 Å². The molecule has 2 aromatic heterocycles. The average molecular weight is 348 g/mol. The Morgan fingerprint density at radius 3 is 2.88 bits per heavy atom. The van der Waals surface area contributed by atoms with Crippen molar-refractivity contribution in [2.24, 2.45) is 0 Å². The number of benzene rings is 1. The van der Waals surface area contributed by atoms with Crippen molar-refractivity contribution in [3.63, 3.8) is 0 Å². The van der Waals surface area contributed by atoms with E-state index in [0.717, 1.165) is 36.4 Å². The molecule has 4 nitrogen and oxygen atoms in total. The Kier molecular flexibility index (Phi) is 5.14. The van der Waals surface area contributed by atoms with Crippen LogP contribution in [0.3, 0.4) is 0 Å². The summed E-state index contributed by atoms with van der Waals surface area (Å²) in [5.74, 6) is 0.633. The summed E-state index contributed by atoms with van der Waals surface area (Å²) in [5, 5.41) is 4.26. The van der Waals surface area contributed by atoms with E-state index in [1.165, 1.54) is 17.7 Å². The number of nitrogens with zero attached hydrogens (tertiary/aromatic N) is 2. The minimum atomic E-state index is -0.235. The van der Waals surface area contributed by atoms with E-state index in [4.69, 9.17) is 4.42 Å². The molecule has 1 aliphatic rings. The summed E-state index contributed by atoms with van der Waals surface area (Å²) in [6.45, 7) is 3.51. The third-order valence-electron chi connectivity index (χ3n) is 4.33. The molecule has 24 heavy (non-hydrogen) atoms. The van der Waals surface area contributed by atoms with E-state index in [0.29, 0.717) is 6.54 Å². The second-order valence-electron chi connectivity index (χ2n) is 5.87. The molecule has 1 fully saturated rings. The minimum absolute atomic E-state index is 0. The number of aromatic nitrogens is 1. The number of pyridine rings is 1. The van der Waals surface area contributed by atoms with Gasteiger partial charge in [-0.3, -0.25) is 9.88 Å². The van der Waals surface area contributed by atoms with Crippen LogP contribution in [0.1, 0.15) is 17.4 Å². The van der Waals surface area contributed by atoms with E-state index < -0.39 is 0 Å². The molecule has 0 bridgehead atoms. The Morgan fingerprint density at radius 2 is 2.04 bits per heavy atom. The molecular weight excluding hydrogens is 329 g/mol. The first kappa shape index (κ1) is 16.9. The monoisotopic (exact) mass is 347 g/mol. The molecule has 1 atom stereocenters. The lowest BCUT2D eigenvalue weighted by Gasteiger charge is -2.35. The van der Waals surface area contributed by atoms with Gasteiger partial charge in [-0.2, -0.15) is 0 Å². The Bertz CT molecular complexity index is 808. The lowest BCUT2D eigenvalue weighted by Crippen LogP contribution is -2.45. The predicted octanol–water partition coefficient (Wildman–Crippen LogP) is 3.54. The second kappa shape index (κ2) is 7.30. The van der Waals surface area contributed by atoms with Crippen molar-refractivity contribution in [3.8, 4) is 0 Å². The van der Waals surface area contributed by atoms with Gasteiger partial charge < -0.3 is 9.73 Å². The highest BCUT2D eigenvalue weighted by Crippen LogP contribution is 2.26. The maximum Gasteiger partial charge on any atom is 0.134 e. The van der Waals surface area contributed by atoms with Gasteiger partial charge in [-0.05, 0) is 42.0 Å². The largest absolute Gasteiger partial charge is 0.460 e. The molecule has 1 N–H and O–H groups in total. The van der Waals surface area contributed by atoms with Crippen molar-refractivity contribution in [2.75, 3.05) is 19.6 Å². The number of fused-ring (bicyclic) bond motifs is 1. The fourth-order valence-electron chi connectivity index (χ4n) is 3.20. The number of furan rings is 1. The minimum Gasteiger partial charge on any atom is -0.460 e. The van der Waals surface area contributed by atoms with E-state index in [-0.39, 0.29) is 24.3 Å². The Balaban J connectivity index is 0.00000169. The van der Waals surface area contributed by atoms with Gasteiger partial charge in [0.15, 0.2) is 0 Å². The highest BCUT2D eigenvalue weighted by atomic mass is 35.5. The molecule has 0 amide bonds. The number of hydrogen-bond acceptors (Lipinski definition) is 4. The van der Waals surface area contributed by atoms with Crippen LogP contribution >= 0.6 is 12.4 Å². The topological polar surface area (TPSA) is 41.3 Å². The zero-order valence-corrected chi connectivity index (χ0v) is 13.9. The van der Waals surface area contributed by atoms with Crippen molar-refractivity contribution in [2.45, 2.75) is 12.6 Å². The smallest absolute Gasteiger partial charge is 0.134 e. The molecule has 0 radical (unpaired) electrons. The Hall–Kier alpha value is -1.95. The van der Waals surface area contributed by atoms with Gasteiger partial charge in [0.1, 0.15) is 17.2 Å². The van der Waals surface area contributed by atoms with Crippen molar-refractivity contribution in [1.29, 1.82) is 0 Å². The van der Waals surface area contributed by atoms with Crippen molar-refractivity contribution in [3.05, 3.63) is 65.9 Å². The van der Waals surface area contributed by atoms with Gasteiger partial charge in [0, 0.05) is 43.5 Å². The Labute approximate surface area is 146 Å². The van der Waals surface area contributed by atoms with Crippen LogP contribution in [0.5, 0.6) is 0 Å². The van der Waals surface area contributed by atoms with Crippen LogP contribution < -0.4 is 5.32 Å². The van der Waals surface area contributed by atoms with Gasteiger partial charge in [0.25, 0.3) is 0 Å². The molecule has 1 aliphatic heterocycles. The summed E-state index contributed by atoms with van der Waals surface area (Å²) in [7, 11) is 0. The summed E-state index contributed by atoms with van der Waals surface area (Å²) >= 11 is 0. The standard InChI is InChI=1S/C18H18FN3O.ClH/c19-15-1-2-18-14(9-15)10-16(23-18)12-22-8-7-21-11-17(22)13-3-5-20-6-4-13;/h1-6,9-10,17,21H,7-8,11-12H2;1H. The first-order chi connectivity index (χ1) is 11.3. The summed E-state index contributed by atoms with van der Waals surface area (Å²) in [6.07, 6.45) is 3.65. The van der Waals surface area contributed by atoms with Crippen LogP contribution in [-0.4, -0.2) is 29.5 Å². The van der Waals surface area contributed by atoms with Gasteiger partial charge >= 0.3 is 0 Å². The molecule has 0 spiro atoms. The molecular formula is C18H19ClFN3O. The van der Waals surface area contributed by atoms with Crippen molar-refractivity contribution in [1.82, 2.24) is 15.2 Å². The molecule has 126 valence electrons. The first-order valence-corrected chi connectivity index (χ1v) is 7.82. The summed E-state index contributed by atoms with van der Waals surface area (Å²) in [5.41, 5.74) is 1.98. The molecule has 0 saturated carbocycles. The molecule has 1 saturated heterocycles. The number of nitrogens with one attached hydrogen (secondary N) is 1. The summed E-state index contributed by atoms with van der Waals surface area (Å²) in [4.78, 5) is 6.48. The molecule has 3 aromatic rings. The SMILES string of the molecule is Cl.Fc1ccc2oc(CN3CCNCC3c3ccncc3)cc2c1. The Morgan fingerprint density at radius 1 is 1.21 bits per heavy atom. The lowest BCUT2D eigenvalue weighted by molar-refractivity contribution is 0.144. The zero-order chi connectivity index (χ0) is 15.6. The first-order valence-electron chi connectivity index (χ1n) is 7.82. The number of halogens is 2. The van der Waals surface area contributed by atoms with E-state index >= 15 is 0 Å². The van der Waals surface area contributed by atoms with E-state index in [2.05, 4.69) is 27.3 Å². The molecule has 3 heterocycles. The maximum absolute atomic E-state index is 13.3. The third-order valence-corrected chi connectivity index (χ3v) is 4.33. The highest BCUT2D eigenvalue weighted by molar-refractivity contribution is 5.85. The second-order valence-corrected chi connectivity index (χ2v) is 5.87. The van der Waals surface area contributed by atoms with Crippen LogP contribution in [-0.2, 0) is 6.54 Å². The van der Waals surface area contributed by atoms with Gasteiger partial charge in [0.2, 0.25) is 0 Å². The summed E-state index contributed by atoms with van der Waals surface area (Å²) < 4.78 is 19.2. The molecule has 1 aromatic carbocycles. The van der Waals surface area contributed by atoms with Gasteiger partial charge in [-0.15, -0.1) is 12.4 Å². The lowest BCUT2D eigenvalue weighted by atomic mass is 10.0. The van der Waals surface area contributed by atoms with Crippen LogP contribution in [0.15, 0.2) is 53.2 Å². The van der Waals surface area contributed by atoms with Crippen LogP contribution in [0.4, 0.5) is 4.39 Å². The highest BCUT2D eigenvalue weighted by Gasteiger charge is 2.24. The molecule has 0 aliphatic carbocycles.